The number of benzene rings is 1. The van der Waals surface area contributed by atoms with E-state index in [-0.39, 0.29) is 17.9 Å². The fourth-order valence-corrected chi connectivity index (χ4v) is 4.18. The number of nitrogens with one attached hydrogen (secondary N) is 1. The lowest BCUT2D eigenvalue weighted by molar-refractivity contribution is -0.121. The van der Waals surface area contributed by atoms with E-state index in [4.69, 9.17) is 0 Å². The van der Waals surface area contributed by atoms with Crippen molar-refractivity contribution in [1.82, 2.24) is 9.88 Å². The van der Waals surface area contributed by atoms with E-state index in [1.54, 1.807) is 23.2 Å². The summed E-state index contributed by atoms with van der Waals surface area (Å²) in [6.45, 7) is 5.37. The van der Waals surface area contributed by atoms with E-state index in [0.29, 0.717) is 56.2 Å². The van der Waals surface area contributed by atoms with Crippen LogP contribution in [0.5, 0.6) is 0 Å². The summed E-state index contributed by atoms with van der Waals surface area (Å²) in [5.74, 6) is 0.700. The molecule has 0 bridgehead atoms. The van der Waals surface area contributed by atoms with Crippen LogP contribution in [-0.4, -0.2) is 60.5 Å². The third kappa shape index (κ3) is 4.37. The van der Waals surface area contributed by atoms with Gasteiger partial charge < -0.3 is 15.1 Å². The number of carbonyl (C=O) groups is 2. The van der Waals surface area contributed by atoms with Crippen LogP contribution in [-0.2, 0) is 9.59 Å². The average Bonchev–Trinajstić information content (AvgIpc) is 3.24. The van der Waals surface area contributed by atoms with Gasteiger partial charge in [0, 0.05) is 45.3 Å². The molecule has 2 aromatic rings. The molecule has 160 valence electrons. The van der Waals surface area contributed by atoms with Gasteiger partial charge in [0.05, 0.1) is 23.0 Å². The van der Waals surface area contributed by atoms with Gasteiger partial charge in [0.1, 0.15) is 11.9 Å². The number of amides is 2. The number of hydrogen-bond acceptors (Lipinski definition) is 6. The maximum absolute atomic E-state index is 13.0. The molecule has 2 amide bonds. The van der Waals surface area contributed by atoms with Gasteiger partial charge in [-0.15, -0.1) is 0 Å². The van der Waals surface area contributed by atoms with E-state index in [1.165, 1.54) is 0 Å². The Morgan fingerprint density at radius 1 is 1.13 bits per heavy atom. The van der Waals surface area contributed by atoms with Crippen molar-refractivity contribution in [2.75, 3.05) is 47.8 Å². The lowest BCUT2D eigenvalue weighted by atomic mass is 10.1. The smallest absolute Gasteiger partial charge is 0.241 e. The number of piperazine rings is 1. The highest BCUT2D eigenvalue weighted by Gasteiger charge is 2.29. The molecule has 2 aliphatic rings. The zero-order valence-electron chi connectivity index (χ0n) is 17.6. The first kappa shape index (κ1) is 20.8. The van der Waals surface area contributed by atoms with Crippen molar-refractivity contribution < 1.29 is 9.59 Å². The molecule has 3 heterocycles. The molecule has 1 aromatic heterocycles. The van der Waals surface area contributed by atoms with Gasteiger partial charge in [-0.1, -0.05) is 12.1 Å². The number of pyridine rings is 1. The Morgan fingerprint density at radius 2 is 1.90 bits per heavy atom. The number of para-hydroxylation sites is 2. The van der Waals surface area contributed by atoms with E-state index in [0.717, 1.165) is 12.1 Å². The summed E-state index contributed by atoms with van der Waals surface area (Å²) in [5, 5.41) is 12.3. The third-order valence-corrected chi connectivity index (χ3v) is 5.97. The SMILES string of the molecule is CC(C(=O)Nc1ccccc1N1CCCC1=O)N1CCN(c2ncccc2C#N)CC1. The Bertz CT molecular complexity index is 1010. The zero-order valence-corrected chi connectivity index (χ0v) is 17.6. The third-order valence-electron chi connectivity index (χ3n) is 5.97. The van der Waals surface area contributed by atoms with Crippen molar-refractivity contribution in [3.63, 3.8) is 0 Å². The molecule has 0 spiro atoms. The topological polar surface area (TPSA) is 92.6 Å². The highest BCUT2D eigenvalue weighted by molar-refractivity contribution is 6.03. The quantitative estimate of drug-likeness (QED) is 0.801. The minimum Gasteiger partial charge on any atom is -0.353 e. The molecule has 1 atom stereocenters. The average molecular weight is 419 g/mol. The van der Waals surface area contributed by atoms with Gasteiger partial charge in [-0.3, -0.25) is 14.5 Å². The van der Waals surface area contributed by atoms with Crippen LogP contribution in [0.2, 0.25) is 0 Å². The monoisotopic (exact) mass is 418 g/mol. The molecule has 2 aliphatic heterocycles. The van der Waals surface area contributed by atoms with E-state index >= 15 is 0 Å². The van der Waals surface area contributed by atoms with Gasteiger partial charge in [-0.2, -0.15) is 5.26 Å². The van der Waals surface area contributed by atoms with Crippen LogP contribution in [0.15, 0.2) is 42.6 Å². The van der Waals surface area contributed by atoms with E-state index < -0.39 is 0 Å². The van der Waals surface area contributed by atoms with Crippen molar-refractivity contribution in [1.29, 1.82) is 5.26 Å². The second-order valence-corrected chi connectivity index (χ2v) is 7.84. The predicted molar refractivity (Wildman–Crippen MR) is 119 cm³/mol. The predicted octanol–water partition coefficient (Wildman–Crippen LogP) is 2.23. The Balaban J connectivity index is 1.39. The molecular weight excluding hydrogens is 392 g/mol. The van der Waals surface area contributed by atoms with Crippen LogP contribution < -0.4 is 15.1 Å². The van der Waals surface area contributed by atoms with Crippen LogP contribution >= 0.6 is 0 Å². The van der Waals surface area contributed by atoms with Gasteiger partial charge in [0.2, 0.25) is 11.8 Å². The minimum atomic E-state index is -0.316. The van der Waals surface area contributed by atoms with Gasteiger partial charge >= 0.3 is 0 Å². The summed E-state index contributed by atoms with van der Waals surface area (Å²) >= 11 is 0. The second-order valence-electron chi connectivity index (χ2n) is 7.84. The van der Waals surface area contributed by atoms with Crippen LogP contribution in [0.4, 0.5) is 17.2 Å². The van der Waals surface area contributed by atoms with Crippen molar-refractivity contribution in [2.45, 2.75) is 25.8 Å². The second kappa shape index (κ2) is 9.14. The Labute approximate surface area is 182 Å². The maximum atomic E-state index is 13.0. The van der Waals surface area contributed by atoms with Gasteiger partial charge in [-0.25, -0.2) is 4.98 Å². The van der Waals surface area contributed by atoms with Crippen molar-refractivity contribution in [3.8, 4) is 6.07 Å². The standard InChI is InChI=1S/C23H26N6O2/c1-17(27-12-14-28(15-13-27)22-18(16-24)6-4-10-25-22)23(31)26-19-7-2-3-8-20(19)29-11-5-9-21(29)30/h2-4,6-8,10,17H,5,9,11-15H2,1H3,(H,26,31). The molecule has 2 fully saturated rings. The maximum Gasteiger partial charge on any atom is 0.241 e. The Kier molecular flexibility index (Phi) is 6.14. The number of anilines is 3. The molecule has 1 unspecified atom stereocenters. The van der Waals surface area contributed by atoms with Crippen LogP contribution in [0.1, 0.15) is 25.3 Å². The van der Waals surface area contributed by atoms with Gasteiger partial charge in [0.25, 0.3) is 0 Å². The van der Waals surface area contributed by atoms with Gasteiger partial charge in [-0.05, 0) is 37.6 Å². The molecule has 31 heavy (non-hydrogen) atoms. The van der Waals surface area contributed by atoms with E-state index in [2.05, 4.69) is 26.2 Å². The molecule has 0 radical (unpaired) electrons. The van der Waals surface area contributed by atoms with Crippen LogP contribution in [0, 0.1) is 11.3 Å². The van der Waals surface area contributed by atoms with Crippen molar-refractivity contribution in [2.24, 2.45) is 0 Å². The fourth-order valence-electron chi connectivity index (χ4n) is 4.18. The first-order valence-electron chi connectivity index (χ1n) is 10.6. The molecule has 8 nitrogen and oxygen atoms in total. The van der Waals surface area contributed by atoms with Gasteiger partial charge in [0.15, 0.2) is 0 Å². The Hall–Kier alpha value is -3.44. The summed E-state index contributed by atoms with van der Waals surface area (Å²) < 4.78 is 0. The number of nitriles is 1. The Morgan fingerprint density at radius 3 is 2.61 bits per heavy atom. The largest absolute Gasteiger partial charge is 0.353 e. The van der Waals surface area contributed by atoms with Crippen molar-refractivity contribution >= 4 is 29.0 Å². The number of hydrogen-bond donors (Lipinski definition) is 1. The molecule has 0 saturated carbocycles. The fraction of sp³-hybridized carbons (Fsp3) is 0.391. The van der Waals surface area contributed by atoms with E-state index in [1.807, 2.05) is 31.2 Å². The molecule has 4 rings (SSSR count). The lowest BCUT2D eigenvalue weighted by Gasteiger charge is -2.38. The summed E-state index contributed by atoms with van der Waals surface area (Å²) in [5.41, 5.74) is 1.99. The number of aromatic nitrogens is 1. The molecule has 2 saturated heterocycles. The number of rotatable bonds is 5. The molecule has 1 aromatic carbocycles. The first-order chi connectivity index (χ1) is 15.1. The normalized spacial score (nSPS) is 18.0. The van der Waals surface area contributed by atoms with Crippen LogP contribution in [0.25, 0.3) is 0 Å². The summed E-state index contributed by atoms with van der Waals surface area (Å²) in [7, 11) is 0. The summed E-state index contributed by atoms with van der Waals surface area (Å²) in [6.07, 6.45) is 3.08. The minimum absolute atomic E-state index is 0.0944. The summed E-state index contributed by atoms with van der Waals surface area (Å²) in [4.78, 5) is 35.5. The first-order valence-corrected chi connectivity index (χ1v) is 10.6. The molecule has 8 heteroatoms. The van der Waals surface area contributed by atoms with Crippen molar-refractivity contribution in [3.05, 3.63) is 48.2 Å². The molecular formula is C23H26N6O2. The van der Waals surface area contributed by atoms with Crippen LogP contribution in [0.3, 0.4) is 0 Å². The highest BCUT2D eigenvalue weighted by Crippen LogP contribution is 2.29. The van der Waals surface area contributed by atoms with E-state index in [9.17, 15) is 14.9 Å². The zero-order chi connectivity index (χ0) is 21.8. The number of nitrogens with zero attached hydrogens (tertiary/aromatic N) is 5. The highest BCUT2D eigenvalue weighted by atomic mass is 16.2. The molecule has 0 aliphatic carbocycles. The summed E-state index contributed by atoms with van der Waals surface area (Å²) in [6, 6.07) is 12.9. The molecule has 1 N–H and O–H groups in total. The lowest BCUT2D eigenvalue weighted by Crippen LogP contribution is -2.53. The number of carbonyl (C=O) groups excluding carboxylic acids is 2.